The molecule has 0 atom stereocenters. The van der Waals surface area contributed by atoms with Gasteiger partial charge in [0.15, 0.2) is 9.84 Å². The predicted molar refractivity (Wildman–Crippen MR) is 94.1 cm³/mol. The van der Waals surface area contributed by atoms with Crippen LogP contribution in [0.5, 0.6) is 0 Å². The molecule has 2 aromatic rings. The van der Waals surface area contributed by atoms with E-state index in [-0.39, 0.29) is 11.3 Å². The first kappa shape index (κ1) is 17.5. The van der Waals surface area contributed by atoms with E-state index in [1.54, 1.807) is 22.8 Å². The summed E-state index contributed by atoms with van der Waals surface area (Å²) in [5, 5.41) is 0. The van der Waals surface area contributed by atoms with Gasteiger partial charge in [-0.3, -0.25) is 4.79 Å². The molecule has 0 unspecified atom stereocenters. The first-order chi connectivity index (χ1) is 10.7. The SMILES string of the molecule is CC(C)CCn1cc(-c2cccc(CS(C)(=O)=O)c2)ccc1=O. The van der Waals surface area contributed by atoms with Gasteiger partial charge in [-0.2, -0.15) is 0 Å². The molecule has 5 heteroatoms. The second kappa shape index (κ2) is 7.13. The van der Waals surface area contributed by atoms with Crippen LogP contribution in [-0.4, -0.2) is 19.2 Å². The van der Waals surface area contributed by atoms with Crippen molar-refractivity contribution < 1.29 is 8.42 Å². The van der Waals surface area contributed by atoms with Gasteiger partial charge in [0.2, 0.25) is 0 Å². The van der Waals surface area contributed by atoms with Gasteiger partial charge in [-0.15, -0.1) is 0 Å². The van der Waals surface area contributed by atoms with E-state index < -0.39 is 9.84 Å². The number of nitrogens with zero attached hydrogens (tertiary/aromatic N) is 1. The zero-order valence-electron chi connectivity index (χ0n) is 13.8. The summed E-state index contributed by atoms with van der Waals surface area (Å²) in [7, 11) is -3.06. The minimum absolute atomic E-state index is 0.0123. The quantitative estimate of drug-likeness (QED) is 0.816. The van der Waals surface area contributed by atoms with Gasteiger partial charge < -0.3 is 4.57 Å². The highest BCUT2D eigenvalue weighted by atomic mass is 32.2. The molecule has 0 spiro atoms. The molecule has 0 aliphatic rings. The number of hydrogen-bond acceptors (Lipinski definition) is 3. The van der Waals surface area contributed by atoms with Crippen molar-refractivity contribution >= 4 is 9.84 Å². The van der Waals surface area contributed by atoms with Crippen molar-refractivity contribution in [1.82, 2.24) is 4.57 Å². The molecular weight excluding hydrogens is 310 g/mol. The van der Waals surface area contributed by atoms with Crippen LogP contribution in [0.4, 0.5) is 0 Å². The van der Waals surface area contributed by atoms with Gasteiger partial charge in [0.25, 0.3) is 5.56 Å². The Balaban J connectivity index is 2.33. The van der Waals surface area contributed by atoms with E-state index in [0.29, 0.717) is 12.5 Å². The van der Waals surface area contributed by atoms with Gasteiger partial charge in [0.05, 0.1) is 5.75 Å². The van der Waals surface area contributed by atoms with Crippen molar-refractivity contribution in [3.63, 3.8) is 0 Å². The zero-order chi connectivity index (χ0) is 17.0. The predicted octanol–water partition coefficient (Wildman–Crippen LogP) is 3.11. The molecule has 0 aliphatic heterocycles. The molecule has 0 saturated heterocycles. The molecule has 0 amide bonds. The summed E-state index contributed by atoms with van der Waals surface area (Å²) < 4.78 is 24.6. The Morgan fingerprint density at radius 2 is 1.83 bits per heavy atom. The molecule has 4 nitrogen and oxygen atoms in total. The summed E-state index contributed by atoms with van der Waals surface area (Å²) in [5.41, 5.74) is 2.58. The number of benzene rings is 1. The number of aromatic nitrogens is 1. The molecule has 2 rings (SSSR count). The van der Waals surface area contributed by atoms with Gasteiger partial charge in [-0.05, 0) is 35.1 Å². The van der Waals surface area contributed by atoms with Gasteiger partial charge in [-0.25, -0.2) is 8.42 Å². The van der Waals surface area contributed by atoms with E-state index in [1.165, 1.54) is 6.26 Å². The molecule has 0 saturated carbocycles. The van der Waals surface area contributed by atoms with E-state index >= 15 is 0 Å². The van der Waals surface area contributed by atoms with Crippen LogP contribution in [0, 0.1) is 5.92 Å². The van der Waals surface area contributed by atoms with Crippen LogP contribution in [0.1, 0.15) is 25.8 Å². The first-order valence-corrected chi connectivity index (χ1v) is 9.78. The number of sulfone groups is 1. The van der Waals surface area contributed by atoms with Crippen LogP contribution in [0.2, 0.25) is 0 Å². The van der Waals surface area contributed by atoms with E-state index in [9.17, 15) is 13.2 Å². The fourth-order valence-electron chi connectivity index (χ4n) is 2.42. The molecule has 23 heavy (non-hydrogen) atoms. The summed E-state index contributed by atoms with van der Waals surface area (Å²) in [6.07, 6.45) is 4.02. The lowest BCUT2D eigenvalue weighted by molar-refractivity contribution is 0.508. The third-order valence-electron chi connectivity index (χ3n) is 3.62. The minimum Gasteiger partial charge on any atom is -0.315 e. The summed E-state index contributed by atoms with van der Waals surface area (Å²) in [5.74, 6) is 0.553. The van der Waals surface area contributed by atoms with Crippen molar-refractivity contribution in [3.8, 4) is 11.1 Å². The molecule has 0 fully saturated rings. The monoisotopic (exact) mass is 333 g/mol. The van der Waals surface area contributed by atoms with Crippen LogP contribution in [-0.2, 0) is 22.1 Å². The second-order valence-corrected chi connectivity index (χ2v) is 8.54. The highest BCUT2D eigenvalue weighted by Gasteiger charge is 2.07. The number of aryl methyl sites for hydroxylation is 1. The molecule has 0 radical (unpaired) electrons. The van der Waals surface area contributed by atoms with Gasteiger partial charge in [0, 0.05) is 25.1 Å². The smallest absolute Gasteiger partial charge is 0.250 e. The summed E-state index contributed by atoms with van der Waals surface area (Å²) in [4.78, 5) is 12.0. The molecule has 1 aromatic carbocycles. The maximum atomic E-state index is 12.0. The lowest BCUT2D eigenvalue weighted by Crippen LogP contribution is -2.19. The normalized spacial score (nSPS) is 11.8. The maximum absolute atomic E-state index is 12.0. The van der Waals surface area contributed by atoms with Crippen LogP contribution in [0.25, 0.3) is 11.1 Å². The Morgan fingerprint density at radius 1 is 1.09 bits per heavy atom. The van der Waals surface area contributed by atoms with Crippen molar-refractivity contribution in [2.24, 2.45) is 5.92 Å². The molecule has 124 valence electrons. The van der Waals surface area contributed by atoms with Gasteiger partial charge in [0.1, 0.15) is 0 Å². The van der Waals surface area contributed by atoms with E-state index in [4.69, 9.17) is 0 Å². The Hall–Kier alpha value is -1.88. The third kappa shape index (κ3) is 5.36. The highest BCUT2D eigenvalue weighted by molar-refractivity contribution is 7.89. The zero-order valence-corrected chi connectivity index (χ0v) is 14.6. The van der Waals surface area contributed by atoms with Crippen LogP contribution >= 0.6 is 0 Å². The Kier molecular flexibility index (Phi) is 5.42. The Morgan fingerprint density at radius 3 is 2.48 bits per heavy atom. The van der Waals surface area contributed by atoms with Crippen molar-refractivity contribution in [1.29, 1.82) is 0 Å². The summed E-state index contributed by atoms with van der Waals surface area (Å²) >= 11 is 0. The van der Waals surface area contributed by atoms with Crippen LogP contribution in [0.3, 0.4) is 0 Å². The second-order valence-electron chi connectivity index (χ2n) is 6.40. The average molecular weight is 333 g/mol. The molecule has 0 bridgehead atoms. The molecule has 0 aliphatic carbocycles. The highest BCUT2D eigenvalue weighted by Crippen LogP contribution is 2.20. The molecular formula is C18H23NO3S. The summed E-state index contributed by atoms with van der Waals surface area (Å²) in [6.45, 7) is 4.94. The molecule has 0 N–H and O–H groups in total. The van der Waals surface area contributed by atoms with E-state index in [1.807, 2.05) is 24.4 Å². The van der Waals surface area contributed by atoms with E-state index in [0.717, 1.165) is 23.1 Å². The van der Waals surface area contributed by atoms with Gasteiger partial charge >= 0.3 is 0 Å². The van der Waals surface area contributed by atoms with Crippen molar-refractivity contribution in [2.45, 2.75) is 32.6 Å². The Bertz CT molecular complexity index is 835. The Labute approximate surface area is 137 Å². The number of rotatable bonds is 6. The molecule has 1 heterocycles. The fourth-order valence-corrected chi connectivity index (χ4v) is 3.20. The van der Waals surface area contributed by atoms with Crippen molar-refractivity contribution in [3.05, 3.63) is 58.5 Å². The number of hydrogen-bond donors (Lipinski definition) is 0. The topological polar surface area (TPSA) is 56.1 Å². The minimum atomic E-state index is -3.06. The van der Waals surface area contributed by atoms with Crippen LogP contribution in [0.15, 0.2) is 47.4 Å². The van der Waals surface area contributed by atoms with Crippen LogP contribution < -0.4 is 5.56 Å². The number of pyridine rings is 1. The average Bonchev–Trinajstić information content (AvgIpc) is 2.44. The fraction of sp³-hybridized carbons (Fsp3) is 0.389. The van der Waals surface area contributed by atoms with Crippen molar-refractivity contribution in [2.75, 3.05) is 6.26 Å². The third-order valence-corrected chi connectivity index (χ3v) is 4.48. The molecule has 1 aromatic heterocycles. The summed E-state index contributed by atoms with van der Waals surface area (Å²) in [6, 6.07) is 10.8. The maximum Gasteiger partial charge on any atom is 0.250 e. The van der Waals surface area contributed by atoms with Gasteiger partial charge in [-0.1, -0.05) is 38.1 Å². The lowest BCUT2D eigenvalue weighted by atomic mass is 10.1. The largest absolute Gasteiger partial charge is 0.315 e. The lowest BCUT2D eigenvalue weighted by Gasteiger charge is -2.11. The van der Waals surface area contributed by atoms with E-state index in [2.05, 4.69) is 13.8 Å². The standard InChI is InChI=1S/C18H23NO3S/c1-14(2)9-10-19-12-17(7-8-18(19)20)16-6-4-5-15(11-16)13-23(3,21)22/h4-8,11-12,14H,9-10,13H2,1-3H3. The first-order valence-electron chi connectivity index (χ1n) is 7.72.